The number of nitrogens with zero attached hydrogens (tertiary/aromatic N) is 2. The zero-order chi connectivity index (χ0) is 18.5. The van der Waals surface area contributed by atoms with Gasteiger partial charge in [0.15, 0.2) is 11.7 Å². The van der Waals surface area contributed by atoms with Crippen LogP contribution in [-0.2, 0) is 11.2 Å². The SMILES string of the molecule is Cc1ccc(NC(=O)CCc2ncc(-c3ccccc3)o2)cc1[N+](=O)[O-]. The zero-order valence-corrected chi connectivity index (χ0v) is 14.1. The summed E-state index contributed by atoms with van der Waals surface area (Å²) < 4.78 is 5.66. The predicted octanol–water partition coefficient (Wildman–Crippen LogP) is 4.13. The molecule has 0 bridgehead atoms. The van der Waals surface area contributed by atoms with Gasteiger partial charge in [-0.25, -0.2) is 4.98 Å². The first-order valence-electron chi connectivity index (χ1n) is 8.08. The summed E-state index contributed by atoms with van der Waals surface area (Å²) in [6, 6.07) is 14.2. The van der Waals surface area contributed by atoms with E-state index in [2.05, 4.69) is 10.3 Å². The first-order valence-corrected chi connectivity index (χ1v) is 8.08. The summed E-state index contributed by atoms with van der Waals surface area (Å²) in [6.45, 7) is 1.65. The molecule has 7 nitrogen and oxygen atoms in total. The van der Waals surface area contributed by atoms with E-state index in [1.54, 1.807) is 25.3 Å². The van der Waals surface area contributed by atoms with Crippen LogP contribution in [0.3, 0.4) is 0 Å². The Morgan fingerprint density at radius 2 is 2.00 bits per heavy atom. The summed E-state index contributed by atoms with van der Waals surface area (Å²) in [5.74, 6) is 0.853. The number of benzene rings is 2. The molecule has 0 saturated carbocycles. The number of hydrogen-bond donors (Lipinski definition) is 1. The number of aryl methyl sites for hydroxylation is 2. The topological polar surface area (TPSA) is 98.3 Å². The molecule has 26 heavy (non-hydrogen) atoms. The molecule has 3 aromatic rings. The third kappa shape index (κ3) is 4.13. The summed E-state index contributed by atoms with van der Waals surface area (Å²) >= 11 is 0. The summed E-state index contributed by atoms with van der Waals surface area (Å²) in [5.41, 5.74) is 1.83. The van der Waals surface area contributed by atoms with Crippen molar-refractivity contribution in [2.24, 2.45) is 0 Å². The molecular formula is C19H17N3O4. The van der Waals surface area contributed by atoms with E-state index in [9.17, 15) is 14.9 Å². The second-order valence-corrected chi connectivity index (χ2v) is 5.79. The van der Waals surface area contributed by atoms with Crippen LogP contribution in [0.25, 0.3) is 11.3 Å². The molecular weight excluding hydrogens is 334 g/mol. The number of nitro benzene ring substituents is 1. The molecule has 0 aliphatic carbocycles. The van der Waals surface area contributed by atoms with Gasteiger partial charge in [-0.05, 0) is 13.0 Å². The molecule has 3 rings (SSSR count). The molecule has 2 aromatic carbocycles. The fourth-order valence-electron chi connectivity index (χ4n) is 2.49. The zero-order valence-electron chi connectivity index (χ0n) is 14.1. The molecule has 1 N–H and O–H groups in total. The van der Waals surface area contributed by atoms with Gasteiger partial charge in [0.05, 0.1) is 11.1 Å². The highest BCUT2D eigenvalue weighted by molar-refractivity contribution is 5.91. The Morgan fingerprint density at radius 3 is 2.73 bits per heavy atom. The number of carbonyl (C=O) groups is 1. The van der Waals surface area contributed by atoms with Crippen molar-refractivity contribution in [1.29, 1.82) is 0 Å². The van der Waals surface area contributed by atoms with Gasteiger partial charge in [-0.15, -0.1) is 0 Å². The van der Waals surface area contributed by atoms with Crippen molar-refractivity contribution in [3.05, 3.63) is 76.3 Å². The lowest BCUT2D eigenvalue weighted by atomic mass is 10.2. The molecule has 132 valence electrons. The van der Waals surface area contributed by atoms with Gasteiger partial charge >= 0.3 is 0 Å². The van der Waals surface area contributed by atoms with Crippen molar-refractivity contribution in [3.8, 4) is 11.3 Å². The minimum Gasteiger partial charge on any atom is -0.441 e. The number of oxazole rings is 1. The number of anilines is 1. The lowest BCUT2D eigenvalue weighted by Crippen LogP contribution is -2.12. The van der Waals surface area contributed by atoms with E-state index in [0.717, 1.165) is 5.56 Å². The van der Waals surface area contributed by atoms with Crippen LogP contribution < -0.4 is 5.32 Å². The number of nitro groups is 1. The highest BCUT2D eigenvalue weighted by atomic mass is 16.6. The van der Waals surface area contributed by atoms with Gasteiger partial charge in [0, 0.05) is 35.7 Å². The third-order valence-corrected chi connectivity index (χ3v) is 3.87. The molecule has 1 amide bonds. The monoisotopic (exact) mass is 351 g/mol. The quantitative estimate of drug-likeness (QED) is 0.532. The number of aromatic nitrogens is 1. The smallest absolute Gasteiger partial charge is 0.274 e. The van der Waals surface area contributed by atoms with E-state index in [4.69, 9.17) is 4.42 Å². The van der Waals surface area contributed by atoms with Crippen molar-refractivity contribution in [1.82, 2.24) is 4.98 Å². The molecule has 0 atom stereocenters. The average Bonchev–Trinajstić information content (AvgIpc) is 3.11. The lowest BCUT2D eigenvalue weighted by molar-refractivity contribution is -0.385. The van der Waals surface area contributed by atoms with E-state index < -0.39 is 4.92 Å². The van der Waals surface area contributed by atoms with Crippen LogP contribution in [0.2, 0.25) is 0 Å². The predicted molar refractivity (Wildman–Crippen MR) is 96.7 cm³/mol. The molecule has 0 saturated heterocycles. The van der Waals surface area contributed by atoms with Crippen LogP contribution >= 0.6 is 0 Å². The number of carbonyl (C=O) groups excluding carboxylic acids is 1. The van der Waals surface area contributed by atoms with Crippen LogP contribution in [-0.4, -0.2) is 15.8 Å². The Balaban J connectivity index is 1.59. The summed E-state index contributed by atoms with van der Waals surface area (Å²) in [4.78, 5) is 26.8. The normalized spacial score (nSPS) is 10.5. The molecule has 0 fully saturated rings. The van der Waals surface area contributed by atoms with Crippen LogP contribution in [0, 0.1) is 17.0 Å². The Bertz CT molecular complexity index is 935. The molecule has 0 aliphatic heterocycles. The second kappa shape index (κ2) is 7.60. The molecule has 1 heterocycles. The minimum atomic E-state index is -0.469. The molecule has 0 spiro atoms. The van der Waals surface area contributed by atoms with Gasteiger partial charge in [-0.1, -0.05) is 36.4 Å². The van der Waals surface area contributed by atoms with Gasteiger partial charge in [0.1, 0.15) is 0 Å². The van der Waals surface area contributed by atoms with Gasteiger partial charge in [-0.3, -0.25) is 14.9 Å². The lowest BCUT2D eigenvalue weighted by Gasteiger charge is -2.05. The molecule has 0 unspecified atom stereocenters. The summed E-state index contributed by atoms with van der Waals surface area (Å²) in [6.07, 6.45) is 2.13. The second-order valence-electron chi connectivity index (χ2n) is 5.79. The van der Waals surface area contributed by atoms with E-state index in [1.807, 2.05) is 30.3 Å². The average molecular weight is 351 g/mol. The molecule has 0 aliphatic rings. The van der Waals surface area contributed by atoms with Crippen molar-refractivity contribution in [2.45, 2.75) is 19.8 Å². The first kappa shape index (κ1) is 17.3. The molecule has 0 radical (unpaired) electrons. The van der Waals surface area contributed by atoms with E-state index in [-0.39, 0.29) is 18.0 Å². The Labute approximate surface area is 149 Å². The van der Waals surface area contributed by atoms with Gasteiger partial charge in [0.25, 0.3) is 5.69 Å². The standard InChI is InChI=1S/C19H17N3O4/c1-13-7-8-15(11-16(13)22(24)25)21-18(23)9-10-19-20-12-17(26-19)14-5-3-2-4-6-14/h2-8,11-12H,9-10H2,1H3,(H,21,23). The van der Waals surface area contributed by atoms with Gasteiger partial charge < -0.3 is 9.73 Å². The van der Waals surface area contributed by atoms with Crippen molar-refractivity contribution in [2.75, 3.05) is 5.32 Å². The van der Waals surface area contributed by atoms with Gasteiger partial charge in [0.2, 0.25) is 5.91 Å². The van der Waals surface area contributed by atoms with Crippen LogP contribution in [0.4, 0.5) is 11.4 Å². The van der Waals surface area contributed by atoms with Crippen LogP contribution in [0.15, 0.2) is 59.1 Å². The fourth-order valence-corrected chi connectivity index (χ4v) is 2.49. The largest absolute Gasteiger partial charge is 0.441 e. The maximum absolute atomic E-state index is 12.1. The first-order chi connectivity index (χ1) is 12.5. The highest BCUT2D eigenvalue weighted by Crippen LogP contribution is 2.23. The Hall–Kier alpha value is -3.48. The summed E-state index contributed by atoms with van der Waals surface area (Å²) in [5, 5.41) is 13.6. The van der Waals surface area contributed by atoms with Crippen molar-refractivity contribution in [3.63, 3.8) is 0 Å². The number of rotatable bonds is 6. The summed E-state index contributed by atoms with van der Waals surface area (Å²) in [7, 11) is 0. The van der Waals surface area contributed by atoms with Gasteiger partial charge in [-0.2, -0.15) is 0 Å². The van der Waals surface area contributed by atoms with E-state index >= 15 is 0 Å². The maximum Gasteiger partial charge on any atom is 0.274 e. The molecule has 1 aromatic heterocycles. The fraction of sp³-hybridized carbons (Fsp3) is 0.158. The Morgan fingerprint density at radius 1 is 1.23 bits per heavy atom. The van der Waals surface area contributed by atoms with Crippen LogP contribution in [0.5, 0.6) is 0 Å². The van der Waals surface area contributed by atoms with Crippen molar-refractivity contribution < 1.29 is 14.1 Å². The molecule has 7 heteroatoms. The van der Waals surface area contributed by atoms with Crippen molar-refractivity contribution >= 4 is 17.3 Å². The Kier molecular flexibility index (Phi) is 5.07. The maximum atomic E-state index is 12.1. The third-order valence-electron chi connectivity index (χ3n) is 3.87. The number of amides is 1. The van der Waals surface area contributed by atoms with E-state index in [0.29, 0.717) is 29.3 Å². The van der Waals surface area contributed by atoms with E-state index in [1.165, 1.54) is 6.07 Å². The number of hydrogen-bond acceptors (Lipinski definition) is 5. The minimum absolute atomic E-state index is 0.0250. The van der Waals surface area contributed by atoms with Crippen LogP contribution in [0.1, 0.15) is 17.9 Å². The number of nitrogens with one attached hydrogen (secondary N) is 1. The highest BCUT2D eigenvalue weighted by Gasteiger charge is 2.13.